The summed E-state index contributed by atoms with van der Waals surface area (Å²) in [7, 11) is 0. The molecule has 1 saturated heterocycles. The Bertz CT molecular complexity index is 1060. The van der Waals surface area contributed by atoms with Gasteiger partial charge in [0.1, 0.15) is 5.52 Å². The second-order valence-electron chi connectivity index (χ2n) is 6.08. The van der Waals surface area contributed by atoms with Crippen LogP contribution in [0.2, 0.25) is 0 Å². The molecule has 14 heteroatoms. The van der Waals surface area contributed by atoms with Crippen LogP contribution >= 0.6 is 0 Å². The molecular formula is C14H10F7N7. The van der Waals surface area contributed by atoms with Crippen LogP contribution in [-0.2, 0) is 5.92 Å². The van der Waals surface area contributed by atoms with E-state index < -0.39 is 40.3 Å². The van der Waals surface area contributed by atoms with Crippen molar-refractivity contribution >= 4 is 22.5 Å². The molecule has 28 heavy (non-hydrogen) atoms. The lowest BCUT2D eigenvalue weighted by Gasteiger charge is -2.28. The summed E-state index contributed by atoms with van der Waals surface area (Å²) in [4.78, 5) is 5.60. The standard InChI is InChI=1S/C14H10F7N7/c15-8-6(13(17,18)14(19,20)21)5-7-10(9(8)16)23-11(12-24-25-26-28(7)12)27-3-1-22-2-4-27/h5,22H,1-4H2. The lowest BCUT2D eigenvalue weighted by Crippen LogP contribution is -2.44. The highest BCUT2D eigenvalue weighted by atomic mass is 19.4. The molecular weight excluding hydrogens is 399 g/mol. The van der Waals surface area contributed by atoms with Gasteiger partial charge < -0.3 is 10.2 Å². The Labute approximate surface area is 151 Å². The molecule has 2 aromatic heterocycles. The topological polar surface area (TPSA) is 71.2 Å². The first-order valence-corrected chi connectivity index (χ1v) is 7.93. The van der Waals surface area contributed by atoms with Crippen molar-refractivity contribution in [2.75, 3.05) is 31.1 Å². The normalized spacial score (nSPS) is 16.3. The van der Waals surface area contributed by atoms with Crippen molar-refractivity contribution in [1.82, 2.24) is 30.3 Å². The first-order chi connectivity index (χ1) is 13.1. The van der Waals surface area contributed by atoms with Gasteiger partial charge in [-0.3, -0.25) is 0 Å². The van der Waals surface area contributed by atoms with Gasteiger partial charge in [0.15, 0.2) is 17.5 Å². The minimum Gasteiger partial charge on any atom is -0.351 e. The van der Waals surface area contributed by atoms with Gasteiger partial charge in [-0.1, -0.05) is 0 Å². The van der Waals surface area contributed by atoms with E-state index in [9.17, 15) is 30.7 Å². The number of piperazine rings is 1. The van der Waals surface area contributed by atoms with Gasteiger partial charge in [-0.05, 0) is 16.5 Å². The number of rotatable bonds is 2. The van der Waals surface area contributed by atoms with E-state index in [1.165, 1.54) is 0 Å². The number of benzene rings is 1. The van der Waals surface area contributed by atoms with Crippen LogP contribution < -0.4 is 10.2 Å². The molecule has 1 N–H and O–H groups in total. The largest absolute Gasteiger partial charge is 0.458 e. The van der Waals surface area contributed by atoms with Gasteiger partial charge in [0.2, 0.25) is 5.65 Å². The molecule has 7 nitrogen and oxygen atoms in total. The highest BCUT2D eigenvalue weighted by Gasteiger charge is 2.60. The number of nitrogens with zero attached hydrogens (tertiary/aromatic N) is 6. The van der Waals surface area contributed by atoms with Crippen LogP contribution in [0.3, 0.4) is 0 Å². The fourth-order valence-electron chi connectivity index (χ4n) is 2.99. The summed E-state index contributed by atoms with van der Waals surface area (Å²) < 4.78 is 94.9. The number of aromatic nitrogens is 5. The van der Waals surface area contributed by atoms with Crippen LogP contribution in [0.15, 0.2) is 6.07 Å². The van der Waals surface area contributed by atoms with E-state index in [1.54, 1.807) is 4.90 Å². The van der Waals surface area contributed by atoms with Gasteiger partial charge >= 0.3 is 12.1 Å². The van der Waals surface area contributed by atoms with Crippen LogP contribution in [-0.4, -0.2) is 57.4 Å². The fraction of sp³-hybridized carbons (Fsp3) is 0.429. The Kier molecular flexibility index (Phi) is 4.06. The number of alkyl halides is 5. The van der Waals surface area contributed by atoms with Crippen LogP contribution in [0, 0.1) is 11.6 Å². The molecule has 0 spiro atoms. The second kappa shape index (κ2) is 6.12. The second-order valence-corrected chi connectivity index (χ2v) is 6.08. The third-order valence-corrected chi connectivity index (χ3v) is 4.39. The Hall–Kier alpha value is -2.77. The number of tetrazole rings is 1. The molecule has 1 fully saturated rings. The molecule has 1 aromatic carbocycles. The number of anilines is 1. The van der Waals surface area contributed by atoms with Gasteiger partial charge in [-0.15, -0.1) is 5.10 Å². The molecule has 1 aliphatic heterocycles. The molecule has 3 aromatic rings. The summed E-state index contributed by atoms with van der Waals surface area (Å²) in [5.41, 5.74) is -3.62. The van der Waals surface area contributed by atoms with E-state index in [0.717, 1.165) is 4.52 Å². The molecule has 0 bridgehead atoms. The zero-order valence-electron chi connectivity index (χ0n) is 13.7. The van der Waals surface area contributed by atoms with Crippen molar-refractivity contribution in [2.45, 2.75) is 12.1 Å². The summed E-state index contributed by atoms with van der Waals surface area (Å²) in [6, 6.07) is 0.166. The molecule has 0 saturated carbocycles. The average Bonchev–Trinajstić information content (AvgIpc) is 3.13. The number of nitrogens with one attached hydrogen (secondary N) is 1. The molecule has 150 valence electrons. The Morgan fingerprint density at radius 2 is 1.68 bits per heavy atom. The monoisotopic (exact) mass is 409 g/mol. The van der Waals surface area contributed by atoms with E-state index in [0.29, 0.717) is 26.2 Å². The Morgan fingerprint density at radius 3 is 2.32 bits per heavy atom. The summed E-state index contributed by atoms with van der Waals surface area (Å²) in [6.07, 6.45) is -6.12. The lowest BCUT2D eigenvalue weighted by molar-refractivity contribution is -0.290. The summed E-state index contributed by atoms with van der Waals surface area (Å²) in [5, 5.41) is 13.6. The van der Waals surface area contributed by atoms with E-state index in [2.05, 4.69) is 25.8 Å². The minimum absolute atomic E-state index is 0.0626. The zero-order chi connectivity index (χ0) is 20.3. The van der Waals surface area contributed by atoms with Gasteiger partial charge in [0.05, 0.1) is 11.1 Å². The number of halogens is 7. The van der Waals surface area contributed by atoms with Gasteiger partial charge in [-0.2, -0.15) is 26.5 Å². The van der Waals surface area contributed by atoms with Crippen molar-refractivity contribution in [3.63, 3.8) is 0 Å². The maximum absolute atomic E-state index is 14.5. The van der Waals surface area contributed by atoms with Crippen molar-refractivity contribution in [1.29, 1.82) is 0 Å². The van der Waals surface area contributed by atoms with Crippen molar-refractivity contribution in [2.24, 2.45) is 0 Å². The highest BCUT2D eigenvalue weighted by Crippen LogP contribution is 2.46. The minimum atomic E-state index is -6.12. The molecule has 0 atom stereocenters. The van der Waals surface area contributed by atoms with Crippen LogP contribution in [0.5, 0.6) is 0 Å². The number of fused-ring (bicyclic) bond motifs is 3. The SMILES string of the molecule is Fc1c(C(F)(F)C(F)(F)F)cc2c(nc(N3CCNCC3)c3nnnn32)c1F. The zero-order valence-corrected chi connectivity index (χ0v) is 13.7. The maximum Gasteiger partial charge on any atom is 0.458 e. The van der Waals surface area contributed by atoms with E-state index in [-0.39, 0.29) is 17.5 Å². The summed E-state index contributed by atoms with van der Waals surface area (Å²) in [5.74, 6) is -9.83. The molecule has 4 rings (SSSR count). The molecule has 0 radical (unpaired) electrons. The third-order valence-electron chi connectivity index (χ3n) is 4.39. The van der Waals surface area contributed by atoms with Crippen LogP contribution in [0.4, 0.5) is 36.6 Å². The highest BCUT2D eigenvalue weighted by molar-refractivity contribution is 5.83. The predicted octanol–water partition coefficient (Wildman–Crippen LogP) is 2.01. The van der Waals surface area contributed by atoms with Crippen molar-refractivity contribution in [3.8, 4) is 0 Å². The lowest BCUT2D eigenvalue weighted by atomic mass is 10.1. The van der Waals surface area contributed by atoms with Gasteiger partial charge in [0, 0.05) is 26.2 Å². The molecule has 1 aliphatic rings. The smallest absolute Gasteiger partial charge is 0.351 e. The predicted molar refractivity (Wildman–Crippen MR) is 81.0 cm³/mol. The van der Waals surface area contributed by atoms with Gasteiger partial charge in [0.25, 0.3) is 0 Å². The summed E-state index contributed by atoms with van der Waals surface area (Å²) in [6.45, 7) is 1.97. The number of hydrogen-bond donors (Lipinski definition) is 1. The molecule has 3 heterocycles. The van der Waals surface area contributed by atoms with E-state index in [4.69, 9.17) is 0 Å². The first kappa shape index (κ1) is 18.6. The van der Waals surface area contributed by atoms with Crippen molar-refractivity contribution < 1.29 is 30.7 Å². The average molecular weight is 409 g/mol. The van der Waals surface area contributed by atoms with E-state index >= 15 is 0 Å². The Morgan fingerprint density at radius 1 is 1.00 bits per heavy atom. The van der Waals surface area contributed by atoms with Crippen molar-refractivity contribution in [3.05, 3.63) is 23.3 Å². The van der Waals surface area contributed by atoms with Crippen LogP contribution in [0.25, 0.3) is 16.7 Å². The molecule has 0 amide bonds. The van der Waals surface area contributed by atoms with Gasteiger partial charge in [-0.25, -0.2) is 13.8 Å². The Balaban J connectivity index is 2.02. The summed E-state index contributed by atoms with van der Waals surface area (Å²) >= 11 is 0. The molecule has 0 unspecified atom stereocenters. The third kappa shape index (κ3) is 2.62. The van der Waals surface area contributed by atoms with E-state index in [1.807, 2.05) is 0 Å². The quantitative estimate of drug-likeness (QED) is 0.654. The van der Waals surface area contributed by atoms with Crippen LogP contribution in [0.1, 0.15) is 5.56 Å². The maximum atomic E-state index is 14.5. The number of hydrogen-bond acceptors (Lipinski definition) is 6. The molecule has 0 aliphatic carbocycles. The fourth-order valence-corrected chi connectivity index (χ4v) is 2.99. The first-order valence-electron chi connectivity index (χ1n) is 7.93.